The van der Waals surface area contributed by atoms with Crippen LogP contribution >= 0.6 is 0 Å². The summed E-state index contributed by atoms with van der Waals surface area (Å²) in [6.07, 6.45) is 2.42. The molecule has 1 aliphatic rings. The molecule has 0 unspecified atom stereocenters. The molecule has 1 saturated heterocycles. The van der Waals surface area contributed by atoms with Gasteiger partial charge in [-0.25, -0.2) is 0 Å². The number of unbranched alkanes of at least 4 members (excludes halogenated alkanes) is 1. The third-order valence-electron chi connectivity index (χ3n) is 6.38. The van der Waals surface area contributed by atoms with Crippen LogP contribution in [0.3, 0.4) is 0 Å². The number of rotatable bonds is 11. The molecule has 5 nitrogen and oxygen atoms in total. The summed E-state index contributed by atoms with van der Waals surface area (Å²) >= 11 is 0. The Labute approximate surface area is 197 Å². The molecule has 0 aromatic heterocycles. The van der Waals surface area contributed by atoms with Gasteiger partial charge in [0.2, 0.25) is 0 Å². The molecule has 0 saturated carbocycles. The monoisotopic (exact) mass is 448 g/mol. The minimum Gasteiger partial charge on any atom is -0.493 e. The number of hydrogen-bond donors (Lipinski definition) is 1. The number of nitrogens with zero attached hydrogens (tertiary/aromatic N) is 2. The van der Waals surface area contributed by atoms with Crippen LogP contribution in [0.25, 0.3) is 10.8 Å². The summed E-state index contributed by atoms with van der Waals surface area (Å²) in [7, 11) is 2.18. The van der Waals surface area contributed by atoms with E-state index >= 15 is 0 Å². The molecular weight excluding hydrogens is 412 g/mol. The minimum absolute atomic E-state index is 0.206. The molecule has 0 radical (unpaired) electrons. The maximum atomic E-state index is 9.04. The van der Waals surface area contributed by atoms with Crippen LogP contribution in [0.15, 0.2) is 60.7 Å². The normalized spacial score (nSPS) is 15.1. The van der Waals surface area contributed by atoms with Crippen molar-refractivity contribution >= 4 is 10.8 Å². The Morgan fingerprint density at radius 3 is 2.39 bits per heavy atom. The van der Waals surface area contributed by atoms with E-state index in [-0.39, 0.29) is 6.61 Å². The lowest BCUT2D eigenvalue weighted by Crippen LogP contribution is -2.45. The lowest BCUT2D eigenvalue weighted by atomic mass is 9.97. The van der Waals surface area contributed by atoms with Crippen molar-refractivity contribution in [2.75, 3.05) is 59.6 Å². The second-order valence-corrected chi connectivity index (χ2v) is 8.86. The van der Waals surface area contributed by atoms with Crippen LogP contribution in [-0.4, -0.2) is 74.5 Å². The van der Waals surface area contributed by atoms with Crippen LogP contribution < -0.4 is 9.47 Å². The molecule has 0 spiro atoms. The SMILES string of the molecule is CN1CCN(CCOc2ccc(Cc3c(OCCCCO)ccc4ccccc34)cc2)CC1. The van der Waals surface area contributed by atoms with Gasteiger partial charge in [-0.15, -0.1) is 0 Å². The maximum Gasteiger partial charge on any atom is 0.123 e. The standard InChI is InChI=1S/C28H36N2O3/c1-29-14-16-30(17-15-29)18-21-32-25-11-8-23(9-12-25)22-27-26-7-3-2-6-24(26)10-13-28(27)33-20-5-4-19-31/h2-3,6-13,31H,4-5,14-22H2,1H3. The van der Waals surface area contributed by atoms with E-state index in [1.54, 1.807) is 0 Å². The van der Waals surface area contributed by atoms with E-state index in [1.807, 2.05) is 0 Å². The van der Waals surface area contributed by atoms with Crippen LogP contribution in [0.4, 0.5) is 0 Å². The van der Waals surface area contributed by atoms with Crippen molar-refractivity contribution in [1.29, 1.82) is 0 Å². The molecule has 4 rings (SSSR count). The molecule has 1 N–H and O–H groups in total. The third-order valence-corrected chi connectivity index (χ3v) is 6.38. The first-order valence-corrected chi connectivity index (χ1v) is 12.1. The van der Waals surface area contributed by atoms with Crippen LogP contribution in [0.1, 0.15) is 24.0 Å². The summed E-state index contributed by atoms with van der Waals surface area (Å²) in [5.74, 6) is 1.85. The molecule has 5 heteroatoms. The number of piperazine rings is 1. The first kappa shape index (κ1) is 23.6. The zero-order chi connectivity index (χ0) is 22.9. The van der Waals surface area contributed by atoms with E-state index in [0.717, 1.165) is 70.1 Å². The van der Waals surface area contributed by atoms with Gasteiger partial charge in [0.25, 0.3) is 0 Å². The van der Waals surface area contributed by atoms with E-state index in [0.29, 0.717) is 6.61 Å². The second kappa shape index (κ2) is 12.0. The summed E-state index contributed by atoms with van der Waals surface area (Å²) < 4.78 is 12.1. The Bertz CT molecular complexity index is 998. The molecule has 1 heterocycles. The topological polar surface area (TPSA) is 45.2 Å². The smallest absolute Gasteiger partial charge is 0.123 e. The van der Waals surface area contributed by atoms with Gasteiger partial charge in [0.1, 0.15) is 18.1 Å². The lowest BCUT2D eigenvalue weighted by Gasteiger charge is -2.32. The van der Waals surface area contributed by atoms with Crippen LogP contribution in [0.5, 0.6) is 11.5 Å². The molecule has 3 aromatic carbocycles. The molecule has 0 bridgehead atoms. The number of ether oxygens (including phenoxy) is 2. The van der Waals surface area contributed by atoms with Crippen molar-refractivity contribution in [2.24, 2.45) is 0 Å². The Kier molecular flexibility index (Phi) is 8.59. The van der Waals surface area contributed by atoms with E-state index in [9.17, 15) is 0 Å². The Balaban J connectivity index is 1.39. The molecule has 3 aromatic rings. The highest BCUT2D eigenvalue weighted by Gasteiger charge is 2.13. The molecule has 0 amide bonds. The van der Waals surface area contributed by atoms with Crippen molar-refractivity contribution in [3.8, 4) is 11.5 Å². The van der Waals surface area contributed by atoms with Gasteiger partial charge >= 0.3 is 0 Å². The fourth-order valence-electron chi connectivity index (χ4n) is 4.30. The zero-order valence-electron chi connectivity index (χ0n) is 19.7. The highest BCUT2D eigenvalue weighted by atomic mass is 16.5. The van der Waals surface area contributed by atoms with Gasteiger partial charge in [0.05, 0.1) is 6.61 Å². The van der Waals surface area contributed by atoms with Gasteiger partial charge in [-0.05, 0) is 54.4 Å². The Morgan fingerprint density at radius 2 is 1.61 bits per heavy atom. The summed E-state index contributed by atoms with van der Waals surface area (Å²) in [4.78, 5) is 4.84. The fraction of sp³-hybridized carbons (Fsp3) is 0.429. The zero-order valence-corrected chi connectivity index (χ0v) is 19.7. The first-order chi connectivity index (χ1) is 16.2. The highest BCUT2D eigenvalue weighted by Crippen LogP contribution is 2.31. The number of fused-ring (bicyclic) bond motifs is 1. The third kappa shape index (κ3) is 6.70. The predicted molar refractivity (Wildman–Crippen MR) is 134 cm³/mol. The summed E-state index contributed by atoms with van der Waals surface area (Å²) in [5.41, 5.74) is 2.44. The molecule has 1 fully saturated rings. The molecule has 0 aliphatic carbocycles. The van der Waals surface area contributed by atoms with Crippen molar-refractivity contribution in [2.45, 2.75) is 19.3 Å². The van der Waals surface area contributed by atoms with Crippen molar-refractivity contribution in [3.63, 3.8) is 0 Å². The second-order valence-electron chi connectivity index (χ2n) is 8.86. The van der Waals surface area contributed by atoms with Gasteiger partial charge in [-0.2, -0.15) is 0 Å². The molecule has 0 atom stereocenters. The maximum absolute atomic E-state index is 9.04. The van der Waals surface area contributed by atoms with Crippen molar-refractivity contribution in [3.05, 3.63) is 71.8 Å². The number of aliphatic hydroxyl groups is 1. The minimum atomic E-state index is 0.206. The fourth-order valence-corrected chi connectivity index (χ4v) is 4.30. The number of hydrogen-bond acceptors (Lipinski definition) is 5. The van der Waals surface area contributed by atoms with Crippen LogP contribution in [-0.2, 0) is 6.42 Å². The Hall–Kier alpha value is -2.60. The van der Waals surface area contributed by atoms with E-state index in [1.165, 1.54) is 21.9 Å². The van der Waals surface area contributed by atoms with Crippen LogP contribution in [0.2, 0.25) is 0 Å². The largest absolute Gasteiger partial charge is 0.493 e. The number of likely N-dealkylation sites (N-methyl/N-ethyl adjacent to an activating group) is 1. The van der Waals surface area contributed by atoms with E-state index < -0.39 is 0 Å². The number of benzene rings is 3. The van der Waals surface area contributed by atoms with Gasteiger partial charge < -0.3 is 19.5 Å². The lowest BCUT2D eigenvalue weighted by molar-refractivity contribution is 0.134. The summed E-state index contributed by atoms with van der Waals surface area (Å²) in [6.45, 7) is 7.03. The van der Waals surface area contributed by atoms with Gasteiger partial charge in [-0.3, -0.25) is 4.90 Å². The van der Waals surface area contributed by atoms with E-state index in [4.69, 9.17) is 14.6 Å². The quantitative estimate of drug-likeness (QED) is 0.445. The highest BCUT2D eigenvalue weighted by molar-refractivity contribution is 5.88. The summed E-state index contributed by atoms with van der Waals surface area (Å²) in [6, 6.07) is 21.1. The molecule has 1 aliphatic heterocycles. The van der Waals surface area contributed by atoms with Gasteiger partial charge in [-0.1, -0.05) is 42.5 Å². The average molecular weight is 449 g/mol. The molecular formula is C28H36N2O3. The average Bonchev–Trinajstić information content (AvgIpc) is 2.85. The van der Waals surface area contributed by atoms with Crippen LogP contribution in [0, 0.1) is 0 Å². The van der Waals surface area contributed by atoms with Crippen molar-refractivity contribution in [1.82, 2.24) is 9.80 Å². The predicted octanol–water partition coefficient (Wildman–Crippen LogP) is 4.21. The molecule has 176 valence electrons. The first-order valence-electron chi connectivity index (χ1n) is 12.1. The number of aliphatic hydroxyl groups excluding tert-OH is 1. The summed E-state index contributed by atoms with van der Waals surface area (Å²) in [5, 5.41) is 11.5. The molecule has 33 heavy (non-hydrogen) atoms. The van der Waals surface area contributed by atoms with E-state index in [2.05, 4.69) is 77.5 Å². The van der Waals surface area contributed by atoms with Gasteiger partial charge in [0.15, 0.2) is 0 Å². The Morgan fingerprint density at radius 1 is 0.818 bits per heavy atom. The van der Waals surface area contributed by atoms with Gasteiger partial charge in [0, 0.05) is 51.3 Å². The van der Waals surface area contributed by atoms with Crippen molar-refractivity contribution < 1.29 is 14.6 Å².